The molecule has 6 nitrogen and oxygen atoms in total. The summed E-state index contributed by atoms with van der Waals surface area (Å²) in [4.78, 5) is 23.3. The molecule has 0 radical (unpaired) electrons. The topological polar surface area (TPSA) is 76.7 Å². The van der Waals surface area contributed by atoms with Crippen molar-refractivity contribution in [1.82, 2.24) is 10.6 Å². The van der Waals surface area contributed by atoms with E-state index in [1.54, 1.807) is 0 Å². The second kappa shape index (κ2) is 11.2. The smallest absolute Gasteiger partial charge is 0.230 e. The third kappa shape index (κ3) is 8.28. The maximum atomic E-state index is 11.7. The molecule has 0 bridgehead atoms. The lowest BCUT2D eigenvalue weighted by molar-refractivity contribution is -0.119. The van der Waals surface area contributed by atoms with Gasteiger partial charge >= 0.3 is 0 Å². The fourth-order valence-electron chi connectivity index (χ4n) is 2.50. The molecule has 2 fully saturated rings. The highest BCUT2D eigenvalue weighted by molar-refractivity contribution is 8.16. The van der Waals surface area contributed by atoms with Gasteiger partial charge in [-0.25, -0.2) is 0 Å². The molecule has 2 rings (SSSR count). The van der Waals surface area contributed by atoms with Crippen molar-refractivity contribution >= 4 is 35.3 Å². The Morgan fingerprint density at radius 1 is 0.870 bits per heavy atom. The highest BCUT2D eigenvalue weighted by Gasteiger charge is 2.17. The molecule has 2 atom stereocenters. The van der Waals surface area contributed by atoms with E-state index in [9.17, 15) is 9.59 Å². The molecule has 0 spiro atoms. The van der Waals surface area contributed by atoms with Gasteiger partial charge in [-0.2, -0.15) is 0 Å². The van der Waals surface area contributed by atoms with Gasteiger partial charge in [-0.15, -0.1) is 23.5 Å². The molecular formula is C15H26N2O4S2. The van der Waals surface area contributed by atoms with Crippen LogP contribution in [0.3, 0.4) is 0 Å². The zero-order chi connectivity index (χ0) is 16.3. The zero-order valence-corrected chi connectivity index (χ0v) is 15.0. The summed E-state index contributed by atoms with van der Waals surface area (Å²) >= 11 is 3.07. The van der Waals surface area contributed by atoms with Crippen molar-refractivity contribution in [2.24, 2.45) is 0 Å². The van der Waals surface area contributed by atoms with E-state index in [0.717, 1.165) is 44.0 Å². The first kappa shape index (κ1) is 18.9. The summed E-state index contributed by atoms with van der Waals surface area (Å²) in [6.45, 7) is 2.83. The minimum absolute atomic E-state index is 0.0360. The standard InChI is InChI=1S/C15H26N2O4S2/c18-14(16-7-12-3-1-5-20-12)9-22-11-23-10-15(19)17-8-13-4-2-6-21-13/h12-13H,1-11H2,(H,16,18)(H,17,19)/t12-,13-/m0/s1. The Hall–Kier alpha value is -0.440. The van der Waals surface area contributed by atoms with E-state index in [-0.39, 0.29) is 24.0 Å². The van der Waals surface area contributed by atoms with Gasteiger partial charge in [-0.05, 0) is 25.7 Å². The first-order valence-electron chi connectivity index (χ1n) is 8.16. The number of carbonyl (C=O) groups is 2. The average Bonchev–Trinajstić information content (AvgIpc) is 3.24. The van der Waals surface area contributed by atoms with Crippen LogP contribution < -0.4 is 10.6 Å². The summed E-state index contributed by atoms with van der Waals surface area (Å²) in [6.07, 6.45) is 4.60. The van der Waals surface area contributed by atoms with Crippen molar-refractivity contribution in [3.05, 3.63) is 0 Å². The lowest BCUT2D eigenvalue weighted by Gasteiger charge is -2.11. The van der Waals surface area contributed by atoms with Crippen molar-refractivity contribution in [3.63, 3.8) is 0 Å². The fourth-order valence-corrected chi connectivity index (χ4v) is 4.21. The number of amides is 2. The molecule has 0 aromatic heterocycles. The Morgan fingerprint density at radius 3 is 1.74 bits per heavy atom. The Morgan fingerprint density at radius 2 is 1.35 bits per heavy atom. The second-order valence-electron chi connectivity index (χ2n) is 5.69. The molecule has 132 valence electrons. The van der Waals surface area contributed by atoms with Gasteiger partial charge in [0.05, 0.1) is 23.7 Å². The van der Waals surface area contributed by atoms with E-state index in [0.29, 0.717) is 24.6 Å². The van der Waals surface area contributed by atoms with E-state index >= 15 is 0 Å². The lowest BCUT2D eigenvalue weighted by atomic mass is 10.2. The number of ether oxygens (including phenoxy) is 2. The van der Waals surface area contributed by atoms with Crippen molar-refractivity contribution in [2.75, 3.05) is 42.9 Å². The van der Waals surface area contributed by atoms with Crippen LogP contribution in [0.4, 0.5) is 0 Å². The van der Waals surface area contributed by atoms with Gasteiger partial charge in [-0.1, -0.05) is 0 Å². The van der Waals surface area contributed by atoms with E-state index in [1.807, 2.05) is 0 Å². The number of nitrogens with one attached hydrogen (secondary N) is 2. The Balaban J connectivity index is 1.39. The normalized spacial score (nSPS) is 23.8. The van der Waals surface area contributed by atoms with Crippen molar-refractivity contribution < 1.29 is 19.1 Å². The van der Waals surface area contributed by atoms with E-state index in [2.05, 4.69) is 10.6 Å². The number of hydrogen-bond acceptors (Lipinski definition) is 6. The summed E-state index contributed by atoms with van der Waals surface area (Å²) in [5.74, 6) is 0.928. The lowest BCUT2D eigenvalue weighted by Crippen LogP contribution is -2.33. The maximum absolute atomic E-state index is 11.7. The molecule has 0 aromatic rings. The van der Waals surface area contributed by atoms with Crippen molar-refractivity contribution in [2.45, 2.75) is 37.9 Å². The van der Waals surface area contributed by atoms with Gasteiger partial charge < -0.3 is 20.1 Å². The molecule has 8 heteroatoms. The van der Waals surface area contributed by atoms with Crippen LogP contribution in [0.25, 0.3) is 0 Å². The second-order valence-corrected chi connectivity index (χ2v) is 8.03. The predicted octanol–water partition coefficient (Wildman–Crippen LogP) is 1.00. The highest BCUT2D eigenvalue weighted by atomic mass is 32.2. The third-order valence-corrected chi connectivity index (χ3v) is 6.00. The minimum Gasteiger partial charge on any atom is -0.376 e. The predicted molar refractivity (Wildman–Crippen MR) is 93.8 cm³/mol. The molecule has 0 aliphatic carbocycles. The molecule has 2 saturated heterocycles. The molecule has 2 aliphatic heterocycles. The molecule has 0 saturated carbocycles. The van der Waals surface area contributed by atoms with E-state index in [4.69, 9.17) is 9.47 Å². The number of hydrogen-bond donors (Lipinski definition) is 2. The molecule has 23 heavy (non-hydrogen) atoms. The largest absolute Gasteiger partial charge is 0.376 e. The molecule has 0 aromatic carbocycles. The summed E-state index contributed by atoms with van der Waals surface area (Å²) < 4.78 is 10.9. The average molecular weight is 363 g/mol. The first-order chi connectivity index (χ1) is 11.2. The van der Waals surface area contributed by atoms with Gasteiger partial charge in [0.2, 0.25) is 11.8 Å². The van der Waals surface area contributed by atoms with E-state index in [1.165, 1.54) is 23.5 Å². The number of rotatable bonds is 10. The quantitative estimate of drug-likeness (QED) is 0.446. The Labute approximate surface area is 146 Å². The van der Waals surface area contributed by atoms with Crippen LogP contribution in [-0.4, -0.2) is 66.9 Å². The SMILES string of the molecule is O=C(CSCSCC(=O)NC[C@@H]1CCCO1)NC[C@@H]1CCCO1. The molecule has 0 unspecified atom stereocenters. The van der Waals surface area contributed by atoms with Gasteiger partial charge in [0.15, 0.2) is 0 Å². The molecule has 2 N–H and O–H groups in total. The molecule has 2 heterocycles. The van der Waals surface area contributed by atoms with E-state index < -0.39 is 0 Å². The summed E-state index contributed by atoms with van der Waals surface area (Å²) in [5.41, 5.74) is 0. The number of carbonyl (C=O) groups excluding carboxylic acids is 2. The highest BCUT2D eigenvalue weighted by Crippen LogP contribution is 2.13. The number of thioether (sulfide) groups is 2. The van der Waals surface area contributed by atoms with Crippen molar-refractivity contribution in [3.8, 4) is 0 Å². The van der Waals surface area contributed by atoms with Crippen LogP contribution in [-0.2, 0) is 19.1 Å². The van der Waals surface area contributed by atoms with Crippen LogP contribution in [0.15, 0.2) is 0 Å². The molecule has 2 aliphatic rings. The van der Waals surface area contributed by atoms with Gasteiger partial charge in [-0.3, -0.25) is 9.59 Å². The summed E-state index contributed by atoms with van der Waals surface area (Å²) in [7, 11) is 0. The molecule has 2 amide bonds. The van der Waals surface area contributed by atoms with Gasteiger partial charge in [0, 0.05) is 31.4 Å². The Kier molecular flexibility index (Phi) is 9.18. The summed E-state index contributed by atoms with van der Waals surface area (Å²) in [6, 6.07) is 0. The van der Waals surface area contributed by atoms with Crippen LogP contribution in [0.5, 0.6) is 0 Å². The van der Waals surface area contributed by atoms with Crippen LogP contribution in [0.2, 0.25) is 0 Å². The first-order valence-corrected chi connectivity index (χ1v) is 10.5. The van der Waals surface area contributed by atoms with Gasteiger partial charge in [0.25, 0.3) is 0 Å². The van der Waals surface area contributed by atoms with Crippen LogP contribution >= 0.6 is 23.5 Å². The van der Waals surface area contributed by atoms with Crippen LogP contribution in [0, 0.1) is 0 Å². The van der Waals surface area contributed by atoms with Gasteiger partial charge in [0.1, 0.15) is 0 Å². The third-order valence-electron chi connectivity index (χ3n) is 3.73. The summed E-state index contributed by atoms with van der Waals surface area (Å²) in [5, 5.41) is 6.51. The van der Waals surface area contributed by atoms with Crippen molar-refractivity contribution in [1.29, 1.82) is 0 Å². The van der Waals surface area contributed by atoms with Crippen LogP contribution in [0.1, 0.15) is 25.7 Å². The monoisotopic (exact) mass is 362 g/mol. The minimum atomic E-state index is 0.0360. The molecular weight excluding hydrogens is 336 g/mol. The zero-order valence-electron chi connectivity index (χ0n) is 13.4. The Bertz CT molecular complexity index is 338. The maximum Gasteiger partial charge on any atom is 0.230 e. The fraction of sp³-hybridized carbons (Fsp3) is 0.867.